The number of rotatable bonds is 12. The molecule has 2 aliphatic carbocycles. The van der Waals surface area contributed by atoms with Crippen LogP contribution in [0.2, 0.25) is 0 Å². The number of alkyl carbamates (subject to hydrolysis) is 1. The number of aromatic nitrogens is 2. The predicted molar refractivity (Wildman–Crippen MR) is 173 cm³/mol. The summed E-state index contributed by atoms with van der Waals surface area (Å²) in [6.45, 7) is 12.2. The molecule has 2 aromatic rings. The van der Waals surface area contributed by atoms with Crippen LogP contribution < -0.4 is 14.8 Å². The molecular formula is C35H44F2N4O7. The van der Waals surface area contributed by atoms with Gasteiger partial charge in [0, 0.05) is 12.5 Å². The summed E-state index contributed by atoms with van der Waals surface area (Å²) in [4.78, 5) is 50.1. The molecule has 260 valence electrons. The number of nitrogens with zero attached hydrogens (tertiary/aromatic N) is 3. The Kier molecular flexibility index (Phi) is 9.98. The molecule has 1 N–H and O–H groups in total. The summed E-state index contributed by atoms with van der Waals surface area (Å²) in [5.41, 5.74) is -1.13. The Bertz CT molecular complexity index is 1580. The van der Waals surface area contributed by atoms with Gasteiger partial charge in [-0.25, -0.2) is 19.6 Å². The minimum absolute atomic E-state index is 0.0769. The number of esters is 1. The van der Waals surface area contributed by atoms with Gasteiger partial charge in [0.15, 0.2) is 5.69 Å². The highest BCUT2D eigenvalue weighted by Crippen LogP contribution is 2.57. The van der Waals surface area contributed by atoms with Gasteiger partial charge in [-0.2, -0.15) is 8.78 Å². The van der Waals surface area contributed by atoms with Crippen LogP contribution >= 0.6 is 0 Å². The van der Waals surface area contributed by atoms with Gasteiger partial charge >= 0.3 is 18.0 Å². The number of benzene rings is 1. The molecule has 3 fully saturated rings. The summed E-state index contributed by atoms with van der Waals surface area (Å²) in [7, 11) is 2.65. The lowest BCUT2D eigenvalue weighted by Gasteiger charge is -2.35. The molecular weight excluding hydrogens is 626 g/mol. The molecule has 1 aromatic carbocycles. The van der Waals surface area contributed by atoms with Crippen LogP contribution in [0, 0.1) is 23.2 Å². The minimum Gasteiger partial charge on any atom is -0.497 e. The number of ether oxygens (including phenoxy) is 4. The van der Waals surface area contributed by atoms with Crippen molar-refractivity contribution in [2.75, 3.05) is 20.8 Å². The molecule has 7 atom stereocenters. The quantitative estimate of drug-likeness (QED) is 0.228. The van der Waals surface area contributed by atoms with Crippen molar-refractivity contribution in [1.82, 2.24) is 20.2 Å². The van der Waals surface area contributed by atoms with Gasteiger partial charge in [0.2, 0.25) is 11.8 Å². The van der Waals surface area contributed by atoms with E-state index in [2.05, 4.69) is 28.4 Å². The predicted octanol–water partition coefficient (Wildman–Crippen LogP) is 5.57. The fourth-order valence-corrected chi connectivity index (χ4v) is 6.95. The van der Waals surface area contributed by atoms with Gasteiger partial charge in [-0.3, -0.25) is 4.79 Å². The first-order chi connectivity index (χ1) is 22.7. The molecule has 1 unspecified atom stereocenters. The van der Waals surface area contributed by atoms with E-state index in [1.54, 1.807) is 26.8 Å². The van der Waals surface area contributed by atoms with Crippen molar-refractivity contribution in [2.24, 2.45) is 23.2 Å². The van der Waals surface area contributed by atoms with Crippen LogP contribution in [0.4, 0.5) is 13.6 Å². The third-order valence-corrected chi connectivity index (χ3v) is 9.59. The highest BCUT2D eigenvalue weighted by molar-refractivity contribution is 5.91. The van der Waals surface area contributed by atoms with E-state index < -0.39 is 59.1 Å². The first kappa shape index (κ1) is 35.0. The van der Waals surface area contributed by atoms with Crippen LogP contribution in [0.1, 0.15) is 58.6 Å². The largest absolute Gasteiger partial charge is 0.497 e. The number of nitrogens with one attached hydrogen (secondary N) is 1. The maximum atomic E-state index is 15.1. The van der Waals surface area contributed by atoms with Gasteiger partial charge in [-0.05, 0) is 67.1 Å². The molecule has 2 heterocycles. The second-order valence-electron chi connectivity index (χ2n) is 13.9. The van der Waals surface area contributed by atoms with Crippen molar-refractivity contribution in [1.29, 1.82) is 0 Å². The highest BCUT2D eigenvalue weighted by Gasteiger charge is 2.54. The van der Waals surface area contributed by atoms with E-state index in [1.165, 1.54) is 31.3 Å². The number of hydrogen-bond donors (Lipinski definition) is 1. The monoisotopic (exact) mass is 670 g/mol. The average molecular weight is 671 g/mol. The van der Waals surface area contributed by atoms with Crippen LogP contribution in [0.3, 0.4) is 0 Å². The minimum atomic E-state index is -3.60. The summed E-state index contributed by atoms with van der Waals surface area (Å²) < 4.78 is 52.2. The summed E-state index contributed by atoms with van der Waals surface area (Å²) in [6, 6.07) is 2.39. The Labute approximate surface area is 279 Å². The van der Waals surface area contributed by atoms with E-state index in [4.69, 9.17) is 18.9 Å². The van der Waals surface area contributed by atoms with Crippen LogP contribution in [-0.2, 0) is 25.0 Å². The third kappa shape index (κ3) is 7.24. The lowest BCUT2D eigenvalue weighted by atomic mass is 9.85. The van der Waals surface area contributed by atoms with Crippen molar-refractivity contribution in [2.45, 2.75) is 83.1 Å². The zero-order valence-corrected chi connectivity index (χ0v) is 28.0. The number of hydrogen-bond acceptors (Lipinski definition) is 9. The molecule has 1 saturated heterocycles. The van der Waals surface area contributed by atoms with Gasteiger partial charge in [0.1, 0.15) is 30.0 Å². The standard InChI is InChI=1S/C35H44F2N4O7/c1-8-10-11-22-23-14-19(23)15-27(22)48-33(44)40-29(34(3,4)5)31(42)41-18-21(17-26(41)32(43)46-7)47-30-28(35(36,37)9-2)38-24-13-12-20(45-6)16-25(24)39-30/h8-9,12-13,16,19,21-23,26-27,29H,1-2,10-11,14-15,17-18H2,3-7H3,(H,40,44)/t19?,21-,22-,23+,26+,27-,29-/m1/s1. The molecule has 1 aliphatic heterocycles. The number of amides is 2. The fourth-order valence-electron chi connectivity index (χ4n) is 6.95. The summed E-state index contributed by atoms with van der Waals surface area (Å²) >= 11 is 0. The van der Waals surface area contributed by atoms with Gasteiger partial charge in [0.25, 0.3) is 0 Å². The van der Waals surface area contributed by atoms with E-state index in [9.17, 15) is 14.4 Å². The van der Waals surface area contributed by atoms with Crippen molar-refractivity contribution < 1.29 is 42.1 Å². The SMILES string of the molecule is C=CCC[C@H]1[C@H](OC(=O)N[C@H](C(=O)N2C[C@H](Oc3nc4cc(OC)ccc4nc3C(F)(F)C=C)C[C@H]2C(=O)OC)C(C)(C)C)CC2C[C@@H]21. The number of methoxy groups -OCH3 is 2. The van der Waals surface area contributed by atoms with E-state index in [0.29, 0.717) is 23.7 Å². The van der Waals surface area contributed by atoms with Crippen LogP contribution in [-0.4, -0.2) is 77.9 Å². The van der Waals surface area contributed by atoms with Crippen molar-refractivity contribution in [3.05, 3.63) is 49.2 Å². The average Bonchev–Trinajstić information content (AvgIpc) is 3.54. The van der Waals surface area contributed by atoms with Gasteiger partial charge in [-0.15, -0.1) is 6.58 Å². The molecule has 13 heteroatoms. The van der Waals surface area contributed by atoms with Crippen molar-refractivity contribution in [3.63, 3.8) is 0 Å². The topological polar surface area (TPSA) is 129 Å². The fraction of sp³-hybridized carbons (Fsp3) is 0.571. The summed E-state index contributed by atoms with van der Waals surface area (Å²) in [5.74, 6) is -3.56. The first-order valence-corrected chi connectivity index (χ1v) is 16.2. The molecule has 1 aromatic heterocycles. The molecule has 0 spiro atoms. The number of allylic oxidation sites excluding steroid dienone is 2. The number of fused-ring (bicyclic) bond motifs is 2. The Balaban J connectivity index is 1.37. The van der Waals surface area contributed by atoms with Gasteiger partial charge in [0.05, 0.1) is 31.8 Å². The molecule has 11 nitrogen and oxygen atoms in total. The maximum absolute atomic E-state index is 15.1. The smallest absolute Gasteiger partial charge is 0.408 e. The second kappa shape index (κ2) is 13.7. The number of carbonyl (C=O) groups is 3. The molecule has 0 radical (unpaired) electrons. The number of halogens is 2. The lowest BCUT2D eigenvalue weighted by molar-refractivity contribution is -0.152. The first-order valence-electron chi connectivity index (χ1n) is 16.2. The molecule has 2 saturated carbocycles. The zero-order chi connectivity index (χ0) is 35.0. The summed E-state index contributed by atoms with van der Waals surface area (Å²) in [5, 5.41) is 2.77. The van der Waals surface area contributed by atoms with E-state index in [-0.39, 0.29) is 36.0 Å². The van der Waals surface area contributed by atoms with Crippen molar-refractivity contribution in [3.8, 4) is 11.6 Å². The van der Waals surface area contributed by atoms with E-state index in [0.717, 1.165) is 25.7 Å². The molecule has 2 amide bonds. The van der Waals surface area contributed by atoms with Crippen LogP contribution in [0.15, 0.2) is 43.5 Å². The van der Waals surface area contributed by atoms with E-state index >= 15 is 8.78 Å². The number of alkyl halides is 2. The molecule has 0 bridgehead atoms. The summed E-state index contributed by atoms with van der Waals surface area (Å²) in [6.07, 6.45) is 3.97. The normalized spacial score (nSPS) is 25.5. The molecule has 5 rings (SSSR count). The van der Waals surface area contributed by atoms with Crippen LogP contribution in [0.5, 0.6) is 11.6 Å². The molecule has 48 heavy (non-hydrogen) atoms. The van der Waals surface area contributed by atoms with Crippen molar-refractivity contribution >= 4 is 29.0 Å². The molecule has 3 aliphatic rings. The maximum Gasteiger partial charge on any atom is 0.408 e. The number of likely N-dealkylation sites (tertiary alicyclic amines) is 1. The third-order valence-electron chi connectivity index (χ3n) is 9.59. The Hall–Kier alpha value is -4.29. The zero-order valence-electron chi connectivity index (χ0n) is 28.0. The Morgan fingerprint density at radius 2 is 1.85 bits per heavy atom. The highest BCUT2D eigenvalue weighted by atomic mass is 19.3. The van der Waals surface area contributed by atoms with E-state index in [1.807, 2.05) is 6.08 Å². The lowest BCUT2D eigenvalue weighted by Crippen LogP contribution is -2.57. The van der Waals surface area contributed by atoms with Gasteiger partial charge in [-0.1, -0.05) is 33.4 Å². The van der Waals surface area contributed by atoms with Gasteiger partial charge < -0.3 is 29.2 Å². The Morgan fingerprint density at radius 1 is 1.10 bits per heavy atom. The second-order valence-corrected chi connectivity index (χ2v) is 13.9. The Morgan fingerprint density at radius 3 is 2.50 bits per heavy atom. The van der Waals surface area contributed by atoms with Crippen LogP contribution in [0.25, 0.3) is 11.0 Å². The number of carbonyl (C=O) groups excluding carboxylic acids is 3.